The lowest BCUT2D eigenvalue weighted by Crippen LogP contribution is -2.38. The Hall–Kier alpha value is -1.07. The topological polar surface area (TPSA) is 38.3 Å². The van der Waals surface area contributed by atoms with Crippen LogP contribution in [0.15, 0.2) is 16.9 Å². The number of fused-ring (bicyclic) bond motifs is 1. The van der Waals surface area contributed by atoms with Gasteiger partial charge in [-0.1, -0.05) is 24.6 Å². The molecule has 0 unspecified atom stereocenters. The molecule has 0 aromatic carbocycles. The van der Waals surface area contributed by atoms with Gasteiger partial charge in [0.05, 0.1) is 6.61 Å². The molecule has 120 valence electrons. The molecule has 0 radical (unpaired) electrons. The fraction of sp³-hybridized carbons (Fsp3) is 0.647. The van der Waals surface area contributed by atoms with Crippen LogP contribution in [0.1, 0.15) is 44.6 Å². The minimum Gasteiger partial charge on any atom is -0.381 e. The van der Waals surface area contributed by atoms with Crippen molar-refractivity contribution in [3.05, 3.63) is 17.3 Å². The van der Waals surface area contributed by atoms with Crippen LogP contribution in [0.3, 0.4) is 0 Å². The molecule has 1 aliphatic carbocycles. The van der Waals surface area contributed by atoms with Crippen molar-refractivity contribution < 1.29 is 4.74 Å². The average Bonchev–Trinajstić information content (AvgIpc) is 3.08. The Morgan fingerprint density at radius 1 is 1.36 bits per heavy atom. The molecule has 2 aliphatic rings. The van der Waals surface area contributed by atoms with Crippen LogP contribution >= 0.6 is 11.8 Å². The molecule has 3 rings (SSSR count). The molecule has 1 saturated carbocycles. The van der Waals surface area contributed by atoms with E-state index in [2.05, 4.69) is 16.0 Å². The van der Waals surface area contributed by atoms with Gasteiger partial charge in [0.2, 0.25) is 0 Å². The minimum atomic E-state index is 0.638. The van der Waals surface area contributed by atoms with Crippen molar-refractivity contribution in [1.82, 2.24) is 9.97 Å². The van der Waals surface area contributed by atoms with Gasteiger partial charge >= 0.3 is 0 Å². The smallest absolute Gasteiger partial charge is 0.189 e. The van der Waals surface area contributed by atoms with Crippen molar-refractivity contribution in [3.63, 3.8) is 0 Å². The van der Waals surface area contributed by atoms with Gasteiger partial charge in [-0.05, 0) is 44.1 Å². The number of anilines is 1. The van der Waals surface area contributed by atoms with Crippen molar-refractivity contribution in [2.45, 2.75) is 50.2 Å². The van der Waals surface area contributed by atoms with Crippen molar-refractivity contribution in [2.24, 2.45) is 0 Å². The standard InChI is InChI=1S/C17H25N3OS/c1-3-21-9-8-13-10-14-11-18-17(22-2)19-16(14)20(12-13)15-6-4-5-7-15/h10-11,15H,3-9,12H2,1-2H3. The molecular weight excluding hydrogens is 294 g/mol. The second kappa shape index (κ2) is 7.47. The van der Waals surface area contributed by atoms with Crippen molar-refractivity contribution in [3.8, 4) is 0 Å². The number of nitrogens with zero attached hydrogens (tertiary/aromatic N) is 3. The first-order valence-electron chi connectivity index (χ1n) is 8.26. The maximum atomic E-state index is 5.53. The van der Waals surface area contributed by atoms with E-state index in [1.165, 1.54) is 36.8 Å². The van der Waals surface area contributed by atoms with Crippen molar-refractivity contribution >= 4 is 23.7 Å². The third kappa shape index (κ3) is 3.46. The van der Waals surface area contributed by atoms with Gasteiger partial charge in [-0.25, -0.2) is 9.97 Å². The predicted molar refractivity (Wildman–Crippen MR) is 92.5 cm³/mol. The van der Waals surface area contributed by atoms with Gasteiger partial charge in [-0.3, -0.25) is 0 Å². The molecule has 1 aromatic heterocycles. The lowest BCUT2D eigenvalue weighted by Gasteiger charge is -2.35. The quantitative estimate of drug-likeness (QED) is 0.453. The molecule has 1 fully saturated rings. The third-order valence-corrected chi connectivity index (χ3v) is 5.06. The fourth-order valence-electron chi connectivity index (χ4n) is 3.37. The molecule has 0 amide bonds. The van der Waals surface area contributed by atoms with E-state index < -0.39 is 0 Å². The van der Waals surface area contributed by atoms with E-state index in [1.807, 2.05) is 19.4 Å². The molecule has 4 nitrogen and oxygen atoms in total. The van der Waals surface area contributed by atoms with Gasteiger partial charge in [0, 0.05) is 31.0 Å². The number of thioether (sulfide) groups is 1. The first kappa shape index (κ1) is 15.8. The number of hydrogen-bond acceptors (Lipinski definition) is 5. The highest BCUT2D eigenvalue weighted by molar-refractivity contribution is 7.98. The summed E-state index contributed by atoms with van der Waals surface area (Å²) in [6.07, 6.45) is 12.5. The Balaban J connectivity index is 1.86. The molecule has 0 bridgehead atoms. The first-order chi connectivity index (χ1) is 10.8. The van der Waals surface area contributed by atoms with Crippen LogP contribution in [0, 0.1) is 0 Å². The highest BCUT2D eigenvalue weighted by Gasteiger charge is 2.28. The lowest BCUT2D eigenvalue weighted by molar-refractivity contribution is 0.150. The Morgan fingerprint density at radius 2 is 2.18 bits per heavy atom. The molecule has 1 aromatic rings. The van der Waals surface area contributed by atoms with Crippen LogP contribution in [-0.4, -0.2) is 42.0 Å². The van der Waals surface area contributed by atoms with Gasteiger partial charge in [0.25, 0.3) is 0 Å². The molecule has 0 saturated heterocycles. The van der Waals surface area contributed by atoms with Crippen LogP contribution < -0.4 is 4.90 Å². The van der Waals surface area contributed by atoms with Crippen LogP contribution in [-0.2, 0) is 4.74 Å². The molecule has 1 aliphatic heterocycles. The van der Waals surface area contributed by atoms with Crippen LogP contribution in [0.4, 0.5) is 5.82 Å². The van der Waals surface area contributed by atoms with E-state index in [1.54, 1.807) is 11.8 Å². The van der Waals surface area contributed by atoms with Gasteiger partial charge in [0.15, 0.2) is 5.16 Å². The summed E-state index contributed by atoms with van der Waals surface area (Å²) in [7, 11) is 0. The molecule has 0 spiro atoms. The van der Waals surface area contributed by atoms with E-state index in [-0.39, 0.29) is 0 Å². The summed E-state index contributed by atoms with van der Waals surface area (Å²) in [4.78, 5) is 11.8. The third-order valence-electron chi connectivity index (χ3n) is 4.50. The van der Waals surface area contributed by atoms with Gasteiger partial charge < -0.3 is 9.64 Å². The molecule has 0 atom stereocenters. The highest BCUT2D eigenvalue weighted by Crippen LogP contribution is 2.35. The molecule has 2 heterocycles. The average molecular weight is 319 g/mol. The Labute approximate surface area is 137 Å². The minimum absolute atomic E-state index is 0.638. The molecule has 22 heavy (non-hydrogen) atoms. The maximum absolute atomic E-state index is 5.53. The Bertz CT molecular complexity index is 541. The number of hydrogen-bond donors (Lipinski definition) is 0. The Kier molecular flexibility index (Phi) is 5.37. The van der Waals surface area contributed by atoms with E-state index in [4.69, 9.17) is 9.72 Å². The van der Waals surface area contributed by atoms with Crippen molar-refractivity contribution in [2.75, 3.05) is 30.9 Å². The summed E-state index contributed by atoms with van der Waals surface area (Å²) in [5.74, 6) is 1.13. The zero-order valence-corrected chi connectivity index (χ0v) is 14.4. The normalized spacial score (nSPS) is 18.5. The number of aromatic nitrogens is 2. The maximum Gasteiger partial charge on any atom is 0.189 e. The van der Waals surface area contributed by atoms with E-state index in [0.29, 0.717) is 6.04 Å². The summed E-state index contributed by atoms with van der Waals surface area (Å²) in [5.41, 5.74) is 2.61. The number of ether oxygens (including phenoxy) is 1. The van der Waals surface area contributed by atoms with Gasteiger partial charge in [-0.2, -0.15) is 0 Å². The molecule has 5 heteroatoms. The second-order valence-corrected chi connectivity index (χ2v) is 6.72. The van der Waals surface area contributed by atoms with E-state index in [0.717, 1.165) is 37.2 Å². The summed E-state index contributed by atoms with van der Waals surface area (Å²) in [5, 5.41) is 0.868. The fourth-order valence-corrected chi connectivity index (χ4v) is 3.71. The zero-order valence-electron chi connectivity index (χ0n) is 13.5. The molecular formula is C17H25N3OS. The number of rotatable bonds is 6. The predicted octanol–water partition coefficient (Wildman–Crippen LogP) is 3.77. The lowest BCUT2D eigenvalue weighted by atomic mass is 10.0. The zero-order chi connectivity index (χ0) is 15.4. The van der Waals surface area contributed by atoms with Gasteiger partial charge in [-0.15, -0.1) is 0 Å². The first-order valence-corrected chi connectivity index (χ1v) is 9.49. The largest absolute Gasteiger partial charge is 0.381 e. The van der Waals surface area contributed by atoms with Crippen LogP contribution in [0.25, 0.3) is 6.08 Å². The summed E-state index contributed by atoms with van der Waals surface area (Å²) in [6, 6.07) is 0.638. The van der Waals surface area contributed by atoms with E-state index in [9.17, 15) is 0 Å². The SMILES string of the molecule is CCOCCC1=Cc2cnc(SC)nc2N(C2CCCC2)C1. The summed E-state index contributed by atoms with van der Waals surface area (Å²) < 4.78 is 5.53. The second-order valence-electron chi connectivity index (χ2n) is 5.95. The summed E-state index contributed by atoms with van der Waals surface area (Å²) >= 11 is 1.61. The summed E-state index contributed by atoms with van der Waals surface area (Å²) in [6.45, 7) is 4.64. The molecule has 0 N–H and O–H groups in total. The highest BCUT2D eigenvalue weighted by atomic mass is 32.2. The van der Waals surface area contributed by atoms with Crippen LogP contribution in [0.2, 0.25) is 0 Å². The van der Waals surface area contributed by atoms with Crippen molar-refractivity contribution in [1.29, 1.82) is 0 Å². The monoisotopic (exact) mass is 319 g/mol. The Morgan fingerprint density at radius 3 is 2.91 bits per heavy atom. The van der Waals surface area contributed by atoms with E-state index >= 15 is 0 Å². The van der Waals surface area contributed by atoms with Gasteiger partial charge in [0.1, 0.15) is 5.82 Å². The van der Waals surface area contributed by atoms with Crippen LogP contribution in [0.5, 0.6) is 0 Å².